The lowest BCUT2D eigenvalue weighted by Crippen LogP contribution is -2.15. The summed E-state index contributed by atoms with van der Waals surface area (Å²) in [6, 6.07) is 7.25. The Morgan fingerprint density at radius 3 is 2.57 bits per heavy atom. The molecule has 0 aliphatic rings. The van der Waals surface area contributed by atoms with E-state index in [1.54, 1.807) is 20.0 Å². The molecule has 0 bridgehead atoms. The average molecular weight is 309 g/mol. The van der Waals surface area contributed by atoms with Crippen molar-refractivity contribution >= 4 is 15.7 Å². The van der Waals surface area contributed by atoms with Crippen molar-refractivity contribution < 1.29 is 12.8 Å². The Bertz CT molecular complexity index is 730. The van der Waals surface area contributed by atoms with Gasteiger partial charge >= 0.3 is 0 Å². The molecule has 0 aliphatic heterocycles. The highest BCUT2D eigenvalue weighted by atomic mass is 32.2. The van der Waals surface area contributed by atoms with E-state index in [-0.39, 0.29) is 10.7 Å². The van der Waals surface area contributed by atoms with Crippen LogP contribution >= 0.6 is 0 Å². The molecule has 0 saturated carbocycles. The van der Waals surface area contributed by atoms with Crippen LogP contribution in [0.2, 0.25) is 0 Å². The lowest BCUT2D eigenvalue weighted by Gasteiger charge is -2.08. The number of nitrogens with zero attached hydrogens (tertiary/aromatic N) is 1. The number of aromatic nitrogens is 1. The maximum atomic E-state index is 13.4. The van der Waals surface area contributed by atoms with Crippen molar-refractivity contribution in [3.63, 3.8) is 0 Å². The standard InChI is InChI=1S/C14H16FN3O2S/c1-10-3-5-12(7-13(10)15)18-21(19,20)14-6-4-11(8-16-2)9-17-14/h3-7,9,16,18H,8H2,1-2H3. The number of aryl methyl sites for hydroxylation is 1. The van der Waals surface area contributed by atoms with Crippen LogP contribution in [0.3, 0.4) is 0 Å². The summed E-state index contributed by atoms with van der Waals surface area (Å²) in [5.74, 6) is -0.465. The van der Waals surface area contributed by atoms with E-state index in [4.69, 9.17) is 0 Å². The summed E-state index contributed by atoms with van der Waals surface area (Å²) >= 11 is 0. The lowest BCUT2D eigenvalue weighted by molar-refractivity contribution is 0.597. The van der Waals surface area contributed by atoms with Gasteiger partial charge in [0, 0.05) is 12.7 Å². The highest BCUT2D eigenvalue weighted by Crippen LogP contribution is 2.17. The smallest absolute Gasteiger partial charge is 0.279 e. The van der Waals surface area contributed by atoms with Gasteiger partial charge in [-0.05, 0) is 43.3 Å². The minimum Gasteiger partial charge on any atom is -0.316 e. The fourth-order valence-electron chi connectivity index (χ4n) is 1.74. The fourth-order valence-corrected chi connectivity index (χ4v) is 2.72. The molecular weight excluding hydrogens is 293 g/mol. The third-order valence-electron chi connectivity index (χ3n) is 2.88. The molecule has 5 nitrogen and oxygen atoms in total. The second-order valence-corrected chi connectivity index (χ2v) is 6.23. The number of nitrogens with one attached hydrogen (secondary N) is 2. The van der Waals surface area contributed by atoms with Gasteiger partial charge in [-0.25, -0.2) is 9.37 Å². The molecule has 112 valence electrons. The van der Waals surface area contributed by atoms with Crippen molar-refractivity contribution in [3.05, 3.63) is 53.5 Å². The van der Waals surface area contributed by atoms with Gasteiger partial charge < -0.3 is 5.32 Å². The normalized spacial score (nSPS) is 11.4. The van der Waals surface area contributed by atoms with Crippen molar-refractivity contribution in [3.8, 4) is 0 Å². The number of hydrogen-bond donors (Lipinski definition) is 2. The first-order valence-corrected chi connectivity index (χ1v) is 7.79. The van der Waals surface area contributed by atoms with Gasteiger partial charge in [-0.1, -0.05) is 12.1 Å². The van der Waals surface area contributed by atoms with Crippen LogP contribution in [0.5, 0.6) is 0 Å². The second kappa shape index (κ2) is 6.19. The third-order valence-corrected chi connectivity index (χ3v) is 4.17. The van der Waals surface area contributed by atoms with E-state index < -0.39 is 15.8 Å². The minimum absolute atomic E-state index is 0.108. The highest BCUT2D eigenvalue weighted by Gasteiger charge is 2.16. The zero-order chi connectivity index (χ0) is 15.5. The number of hydrogen-bond acceptors (Lipinski definition) is 4. The molecule has 1 aromatic heterocycles. The van der Waals surface area contributed by atoms with E-state index in [1.165, 1.54) is 24.4 Å². The summed E-state index contributed by atoms with van der Waals surface area (Å²) in [4.78, 5) is 3.92. The maximum Gasteiger partial charge on any atom is 0.279 e. The van der Waals surface area contributed by atoms with Crippen LogP contribution in [0.25, 0.3) is 0 Å². The average Bonchev–Trinajstić information content (AvgIpc) is 2.44. The van der Waals surface area contributed by atoms with Crippen molar-refractivity contribution in [1.82, 2.24) is 10.3 Å². The van der Waals surface area contributed by atoms with Crippen LogP contribution in [-0.2, 0) is 16.6 Å². The molecule has 0 aliphatic carbocycles. The predicted molar refractivity (Wildman–Crippen MR) is 78.9 cm³/mol. The highest BCUT2D eigenvalue weighted by molar-refractivity contribution is 7.92. The number of anilines is 1. The summed E-state index contributed by atoms with van der Waals surface area (Å²) in [6.07, 6.45) is 1.49. The van der Waals surface area contributed by atoms with Gasteiger partial charge in [-0.15, -0.1) is 0 Å². The van der Waals surface area contributed by atoms with Gasteiger partial charge in [0.25, 0.3) is 10.0 Å². The Labute approximate surface area is 123 Å². The van der Waals surface area contributed by atoms with E-state index in [2.05, 4.69) is 15.0 Å². The number of halogens is 1. The Morgan fingerprint density at radius 1 is 1.24 bits per heavy atom. The van der Waals surface area contributed by atoms with Crippen molar-refractivity contribution in [1.29, 1.82) is 0 Å². The van der Waals surface area contributed by atoms with Crippen LogP contribution in [0.1, 0.15) is 11.1 Å². The Hall–Kier alpha value is -1.99. The van der Waals surface area contributed by atoms with Crippen molar-refractivity contribution in [2.24, 2.45) is 0 Å². The van der Waals surface area contributed by atoms with Gasteiger partial charge in [0.05, 0.1) is 5.69 Å². The zero-order valence-electron chi connectivity index (χ0n) is 11.7. The quantitative estimate of drug-likeness (QED) is 0.887. The molecule has 1 aromatic carbocycles. The zero-order valence-corrected chi connectivity index (χ0v) is 12.5. The molecule has 0 saturated heterocycles. The molecule has 0 radical (unpaired) electrons. The molecule has 0 spiro atoms. The fraction of sp³-hybridized carbons (Fsp3) is 0.214. The SMILES string of the molecule is CNCc1ccc(S(=O)(=O)Nc2ccc(C)c(F)c2)nc1. The molecule has 2 rings (SSSR count). The van der Waals surface area contributed by atoms with Crippen molar-refractivity contribution in [2.45, 2.75) is 18.5 Å². The van der Waals surface area contributed by atoms with Crippen LogP contribution < -0.4 is 10.0 Å². The first-order valence-electron chi connectivity index (χ1n) is 6.31. The summed E-state index contributed by atoms with van der Waals surface area (Å²) in [7, 11) is -2.03. The van der Waals surface area contributed by atoms with Gasteiger partial charge in [-0.2, -0.15) is 8.42 Å². The molecule has 0 unspecified atom stereocenters. The number of pyridine rings is 1. The molecule has 0 atom stereocenters. The third kappa shape index (κ3) is 3.77. The van der Waals surface area contributed by atoms with Crippen LogP contribution in [0.4, 0.5) is 10.1 Å². The van der Waals surface area contributed by atoms with E-state index in [0.29, 0.717) is 12.1 Å². The molecule has 21 heavy (non-hydrogen) atoms. The Kier molecular flexibility index (Phi) is 4.54. The van der Waals surface area contributed by atoms with E-state index in [9.17, 15) is 12.8 Å². The molecule has 7 heteroatoms. The summed E-state index contributed by atoms with van der Waals surface area (Å²) in [6.45, 7) is 2.21. The monoisotopic (exact) mass is 309 g/mol. The molecule has 0 fully saturated rings. The van der Waals surface area contributed by atoms with Crippen molar-refractivity contribution in [2.75, 3.05) is 11.8 Å². The minimum atomic E-state index is -3.82. The first kappa shape index (κ1) is 15.4. The topological polar surface area (TPSA) is 71.1 Å². The molecule has 0 amide bonds. The van der Waals surface area contributed by atoms with Gasteiger partial charge in [0.1, 0.15) is 5.82 Å². The van der Waals surface area contributed by atoms with Crippen LogP contribution in [-0.4, -0.2) is 20.4 Å². The summed E-state index contributed by atoms with van der Waals surface area (Å²) in [5, 5.41) is 2.84. The largest absolute Gasteiger partial charge is 0.316 e. The Balaban J connectivity index is 2.23. The van der Waals surface area contributed by atoms with Gasteiger partial charge in [0.15, 0.2) is 5.03 Å². The van der Waals surface area contributed by atoms with E-state index >= 15 is 0 Å². The van der Waals surface area contributed by atoms with E-state index in [0.717, 1.165) is 11.6 Å². The molecular formula is C14H16FN3O2S. The van der Waals surface area contributed by atoms with Crippen LogP contribution in [0, 0.1) is 12.7 Å². The summed E-state index contributed by atoms with van der Waals surface area (Å²) in [5.41, 5.74) is 1.49. The van der Waals surface area contributed by atoms with Crippen LogP contribution in [0.15, 0.2) is 41.6 Å². The Morgan fingerprint density at radius 2 is 2.00 bits per heavy atom. The molecule has 2 N–H and O–H groups in total. The maximum absolute atomic E-state index is 13.4. The molecule has 1 heterocycles. The van der Waals surface area contributed by atoms with E-state index in [1.807, 2.05) is 0 Å². The molecule has 2 aromatic rings. The lowest BCUT2D eigenvalue weighted by atomic mass is 10.2. The second-order valence-electron chi connectivity index (χ2n) is 4.60. The van der Waals surface area contributed by atoms with Gasteiger partial charge in [-0.3, -0.25) is 4.72 Å². The predicted octanol–water partition coefficient (Wildman–Crippen LogP) is 2.05. The van der Waals surface area contributed by atoms with Gasteiger partial charge in [0.2, 0.25) is 0 Å². The summed E-state index contributed by atoms with van der Waals surface area (Å²) < 4.78 is 40.1. The number of benzene rings is 1. The number of rotatable bonds is 5. The number of sulfonamides is 1. The first-order chi connectivity index (χ1) is 9.92.